The van der Waals surface area contributed by atoms with Crippen molar-refractivity contribution in [3.05, 3.63) is 74.6 Å². The number of thiocarbonyl (C=S) groups is 1. The zero-order valence-corrected chi connectivity index (χ0v) is 17.5. The largest absolute Gasteiger partial charge is 0.423 e. The molecular weight excluding hydrogens is 436 g/mol. The van der Waals surface area contributed by atoms with Crippen molar-refractivity contribution in [3.63, 3.8) is 0 Å². The summed E-state index contributed by atoms with van der Waals surface area (Å²) in [5.41, 5.74) is 1.07. The topological polar surface area (TPSA) is 127 Å². The number of amides is 1. The Morgan fingerprint density at radius 3 is 2.62 bits per heavy atom. The third-order valence-electron chi connectivity index (χ3n) is 4.89. The van der Waals surface area contributed by atoms with Gasteiger partial charge in [0.2, 0.25) is 0 Å². The molecule has 2 N–H and O–H groups in total. The van der Waals surface area contributed by atoms with Crippen LogP contribution in [0.2, 0.25) is 0 Å². The Morgan fingerprint density at radius 1 is 1.09 bits per heavy atom. The predicted molar refractivity (Wildman–Crippen MR) is 122 cm³/mol. The second-order valence-electron chi connectivity index (χ2n) is 6.97. The molecule has 0 aliphatic carbocycles. The molecule has 1 fully saturated rings. The molecule has 0 atom stereocenters. The first-order valence-electron chi connectivity index (χ1n) is 9.68. The fraction of sp³-hybridized carbons (Fsp3) is 0.190. The first kappa shape index (κ1) is 21.4. The molecule has 0 spiro atoms. The van der Waals surface area contributed by atoms with Crippen LogP contribution in [0.5, 0.6) is 0 Å². The number of anilines is 2. The molecule has 2 aromatic carbocycles. The highest BCUT2D eigenvalue weighted by Crippen LogP contribution is 2.26. The second-order valence-corrected chi connectivity index (χ2v) is 7.38. The fourth-order valence-electron chi connectivity index (χ4n) is 3.38. The maximum atomic E-state index is 13.0. The van der Waals surface area contributed by atoms with Crippen LogP contribution in [0.25, 0.3) is 11.0 Å². The van der Waals surface area contributed by atoms with E-state index in [0.29, 0.717) is 48.6 Å². The summed E-state index contributed by atoms with van der Waals surface area (Å²) >= 11 is 5.26. The number of carbonyl (C=O) groups is 1. The summed E-state index contributed by atoms with van der Waals surface area (Å²) in [6.07, 6.45) is 0. The van der Waals surface area contributed by atoms with Gasteiger partial charge < -0.3 is 19.4 Å². The summed E-state index contributed by atoms with van der Waals surface area (Å²) in [6, 6.07) is 12.1. The van der Waals surface area contributed by atoms with Gasteiger partial charge in [0.25, 0.3) is 11.6 Å². The summed E-state index contributed by atoms with van der Waals surface area (Å²) in [4.78, 5) is 36.9. The van der Waals surface area contributed by atoms with Gasteiger partial charge in [-0.05, 0) is 42.5 Å². The van der Waals surface area contributed by atoms with E-state index in [4.69, 9.17) is 21.4 Å². The predicted octanol–water partition coefficient (Wildman–Crippen LogP) is 2.66. The van der Waals surface area contributed by atoms with E-state index in [2.05, 4.69) is 10.6 Å². The third-order valence-corrected chi connectivity index (χ3v) is 5.10. The molecule has 1 amide bonds. The number of hydrogen-bond acceptors (Lipinski definition) is 8. The van der Waals surface area contributed by atoms with Gasteiger partial charge in [0.1, 0.15) is 5.58 Å². The van der Waals surface area contributed by atoms with Crippen molar-refractivity contribution in [2.24, 2.45) is 0 Å². The zero-order chi connectivity index (χ0) is 22.7. The number of carbonyl (C=O) groups excluding carboxylic acids is 1. The van der Waals surface area contributed by atoms with Crippen LogP contribution in [0.15, 0.2) is 57.7 Å². The molecule has 1 aliphatic rings. The molecule has 1 aliphatic heterocycles. The van der Waals surface area contributed by atoms with Gasteiger partial charge in [-0.15, -0.1) is 0 Å². The Morgan fingerprint density at radius 2 is 1.88 bits per heavy atom. The monoisotopic (exact) mass is 454 g/mol. The number of nitro benzene ring substituents is 1. The number of fused-ring (bicyclic) bond motifs is 1. The van der Waals surface area contributed by atoms with Crippen molar-refractivity contribution in [3.8, 4) is 0 Å². The molecule has 1 aromatic heterocycles. The molecule has 164 valence electrons. The average molecular weight is 454 g/mol. The van der Waals surface area contributed by atoms with Crippen molar-refractivity contribution < 1.29 is 18.9 Å². The van der Waals surface area contributed by atoms with Crippen molar-refractivity contribution in [2.45, 2.75) is 0 Å². The Hall–Kier alpha value is -3.83. The van der Waals surface area contributed by atoms with Crippen LogP contribution in [-0.2, 0) is 4.74 Å². The number of nitro groups is 1. The lowest BCUT2D eigenvalue weighted by atomic mass is 10.1. The van der Waals surface area contributed by atoms with Gasteiger partial charge in [-0.3, -0.25) is 20.2 Å². The highest BCUT2D eigenvalue weighted by molar-refractivity contribution is 7.80. The average Bonchev–Trinajstić information content (AvgIpc) is 2.79. The van der Waals surface area contributed by atoms with Crippen molar-refractivity contribution >= 4 is 51.3 Å². The summed E-state index contributed by atoms with van der Waals surface area (Å²) < 4.78 is 10.4. The summed E-state index contributed by atoms with van der Waals surface area (Å²) in [5.74, 6) is -0.570. The molecule has 3 aromatic rings. The summed E-state index contributed by atoms with van der Waals surface area (Å²) in [7, 11) is 0. The van der Waals surface area contributed by atoms with Crippen LogP contribution in [0.4, 0.5) is 17.1 Å². The van der Waals surface area contributed by atoms with Gasteiger partial charge in [-0.1, -0.05) is 0 Å². The van der Waals surface area contributed by atoms with Gasteiger partial charge in [0.05, 0.1) is 29.4 Å². The van der Waals surface area contributed by atoms with Crippen LogP contribution in [-0.4, -0.2) is 42.2 Å². The molecule has 10 nitrogen and oxygen atoms in total. The molecule has 0 bridgehead atoms. The molecule has 0 saturated carbocycles. The van der Waals surface area contributed by atoms with Crippen LogP contribution < -0.4 is 21.2 Å². The highest BCUT2D eigenvalue weighted by atomic mass is 32.1. The third kappa shape index (κ3) is 4.74. The van der Waals surface area contributed by atoms with Crippen molar-refractivity contribution in [1.82, 2.24) is 5.32 Å². The SMILES string of the molecule is O=C(NC(=S)Nc1ccc2oc(=O)ccc2c1)c1cc([N+](=O)[O-])ccc1N1CCOCC1. The standard InChI is InChI=1S/C21H18N4O6S/c26-19-6-1-13-11-14(2-5-18(13)31-19)22-21(32)23-20(27)16-12-15(25(28)29)3-4-17(16)24-7-9-30-10-8-24/h1-6,11-12H,7-10H2,(H2,22,23,27,32). The van der Waals surface area contributed by atoms with Gasteiger partial charge >= 0.3 is 5.63 Å². The van der Waals surface area contributed by atoms with Gasteiger partial charge in [0.15, 0.2) is 5.11 Å². The quantitative estimate of drug-likeness (QED) is 0.265. The highest BCUT2D eigenvalue weighted by Gasteiger charge is 2.22. The minimum atomic E-state index is -0.570. The molecule has 32 heavy (non-hydrogen) atoms. The van der Waals surface area contributed by atoms with Crippen LogP contribution in [0.1, 0.15) is 10.4 Å². The first-order valence-corrected chi connectivity index (χ1v) is 10.1. The second kappa shape index (κ2) is 9.12. The number of non-ortho nitro benzene ring substituents is 1. The Kier molecular flexibility index (Phi) is 6.10. The lowest BCUT2D eigenvalue weighted by molar-refractivity contribution is -0.384. The van der Waals surface area contributed by atoms with E-state index >= 15 is 0 Å². The lowest BCUT2D eigenvalue weighted by Crippen LogP contribution is -2.39. The smallest absolute Gasteiger partial charge is 0.336 e. The van der Waals surface area contributed by atoms with E-state index in [1.54, 1.807) is 30.3 Å². The molecular formula is C21H18N4O6S. The summed E-state index contributed by atoms with van der Waals surface area (Å²) in [5, 5.41) is 17.4. The van der Waals surface area contributed by atoms with Gasteiger partial charge in [-0.2, -0.15) is 0 Å². The van der Waals surface area contributed by atoms with E-state index < -0.39 is 16.5 Å². The maximum Gasteiger partial charge on any atom is 0.336 e. The van der Waals surface area contributed by atoms with Crippen LogP contribution in [0.3, 0.4) is 0 Å². The van der Waals surface area contributed by atoms with Crippen LogP contribution in [0, 0.1) is 10.1 Å². The Labute approximate surface area is 186 Å². The summed E-state index contributed by atoms with van der Waals surface area (Å²) in [6.45, 7) is 2.13. The molecule has 0 radical (unpaired) electrons. The maximum absolute atomic E-state index is 13.0. The number of hydrogen-bond donors (Lipinski definition) is 2. The van der Waals surface area contributed by atoms with Crippen molar-refractivity contribution in [2.75, 3.05) is 36.5 Å². The normalized spacial score (nSPS) is 13.6. The first-order chi connectivity index (χ1) is 15.4. The van der Waals surface area contributed by atoms with E-state index in [1.807, 2.05) is 4.90 Å². The Balaban J connectivity index is 1.54. The van der Waals surface area contributed by atoms with Crippen molar-refractivity contribution in [1.29, 1.82) is 0 Å². The zero-order valence-electron chi connectivity index (χ0n) is 16.7. The number of nitrogens with one attached hydrogen (secondary N) is 2. The molecule has 4 rings (SSSR count). The van der Waals surface area contributed by atoms with E-state index in [1.165, 1.54) is 18.2 Å². The molecule has 1 saturated heterocycles. The number of morpholine rings is 1. The molecule has 0 unspecified atom stereocenters. The lowest BCUT2D eigenvalue weighted by Gasteiger charge is -2.30. The number of nitrogens with zero attached hydrogens (tertiary/aromatic N) is 2. The van der Waals surface area contributed by atoms with E-state index in [0.717, 1.165) is 0 Å². The van der Waals surface area contributed by atoms with Gasteiger partial charge in [-0.25, -0.2) is 4.79 Å². The number of rotatable bonds is 4. The number of ether oxygens (including phenoxy) is 1. The fourth-order valence-corrected chi connectivity index (χ4v) is 3.59. The van der Waals surface area contributed by atoms with Crippen LogP contribution >= 0.6 is 12.2 Å². The van der Waals surface area contributed by atoms with Gasteiger partial charge in [0, 0.05) is 42.4 Å². The molecule has 11 heteroatoms. The minimum Gasteiger partial charge on any atom is -0.423 e. The van der Waals surface area contributed by atoms with E-state index in [9.17, 15) is 19.7 Å². The molecule has 2 heterocycles. The number of benzene rings is 2. The van der Waals surface area contributed by atoms with E-state index in [-0.39, 0.29) is 16.4 Å². The minimum absolute atomic E-state index is 0.0196. The Bertz CT molecular complexity index is 1270.